The first-order chi connectivity index (χ1) is 14.7. The standard InChI is InChI=1S/C23H19N3O3S/c1-29-20-14-16(12-13-19(20)27)15-21-22(28)26(18-10-6-3-7-11-18)23(30-21)25-24-17-8-4-2-5-9-17/h2-15,24,27H,1H3/b21-15-,25-23-. The van der Waals surface area contributed by atoms with Crippen molar-refractivity contribution in [3.63, 3.8) is 0 Å². The molecule has 6 nitrogen and oxygen atoms in total. The molecule has 1 saturated heterocycles. The smallest absolute Gasteiger partial charge is 0.271 e. The Hall–Kier alpha value is -3.71. The molecule has 3 aromatic rings. The highest BCUT2D eigenvalue weighted by atomic mass is 32.2. The van der Waals surface area contributed by atoms with Gasteiger partial charge >= 0.3 is 0 Å². The Balaban J connectivity index is 1.69. The molecule has 1 aliphatic rings. The van der Waals surface area contributed by atoms with Crippen LogP contribution in [0.15, 0.2) is 88.9 Å². The number of carbonyl (C=O) groups excluding carboxylic acids is 1. The molecule has 0 unspecified atom stereocenters. The maximum atomic E-state index is 13.2. The molecule has 3 aromatic carbocycles. The van der Waals surface area contributed by atoms with Crippen LogP contribution in [0.3, 0.4) is 0 Å². The zero-order valence-corrected chi connectivity index (χ0v) is 17.0. The summed E-state index contributed by atoms with van der Waals surface area (Å²) in [7, 11) is 1.48. The molecule has 0 atom stereocenters. The van der Waals surface area contributed by atoms with E-state index in [9.17, 15) is 9.90 Å². The molecule has 1 aliphatic heterocycles. The van der Waals surface area contributed by atoms with Crippen molar-refractivity contribution in [1.82, 2.24) is 0 Å². The van der Waals surface area contributed by atoms with E-state index in [1.807, 2.05) is 60.7 Å². The molecule has 2 N–H and O–H groups in total. The number of nitrogens with one attached hydrogen (secondary N) is 1. The minimum absolute atomic E-state index is 0.0466. The quantitative estimate of drug-likeness (QED) is 0.456. The van der Waals surface area contributed by atoms with Crippen molar-refractivity contribution in [1.29, 1.82) is 0 Å². The summed E-state index contributed by atoms with van der Waals surface area (Å²) in [6.07, 6.45) is 1.76. The number of thioether (sulfide) groups is 1. The lowest BCUT2D eigenvalue weighted by molar-refractivity contribution is -0.113. The van der Waals surface area contributed by atoms with Crippen molar-refractivity contribution in [3.8, 4) is 11.5 Å². The number of methoxy groups -OCH3 is 1. The lowest BCUT2D eigenvalue weighted by atomic mass is 10.2. The minimum atomic E-state index is -0.174. The van der Waals surface area contributed by atoms with Gasteiger partial charge in [-0.2, -0.15) is 0 Å². The van der Waals surface area contributed by atoms with Crippen LogP contribution in [0.2, 0.25) is 0 Å². The molecule has 0 bridgehead atoms. The third-order valence-electron chi connectivity index (χ3n) is 4.38. The van der Waals surface area contributed by atoms with Gasteiger partial charge in [0.2, 0.25) is 0 Å². The maximum Gasteiger partial charge on any atom is 0.271 e. The largest absolute Gasteiger partial charge is 0.504 e. The number of anilines is 2. The molecular weight excluding hydrogens is 398 g/mol. The molecule has 0 saturated carbocycles. The number of benzene rings is 3. The second-order valence-corrected chi connectivity index (χ2v) is 7.40. The van der Waals surface area contributed by atoms with E-state index in [1.165, 1.54) is 24.9 Å². The molecule has 0 aromatic heterocycles. The van der Waals surface area contributed by atoms with Gasteiger partial charge in [-0.25, -0.2) is 0 Å². The van der Waals surface area contributed by atoms with Crippen LogP contribution in [0.25, 0.3) is 6.08 Å². The van der Waals surface area contributed by atoms with E-state index in [0.717, 1.165) is 16.9 Å². The summed E-state index contributed by atoms with van der Waals surface area (Å²) in [6, 6.07) is 23.9. The predicted molar refractivity (Wildman–Crippen MR) is 122 cm³/mol. The Morgan fingerprint density at radius 2 is 1.73 bits per heavy atom. The summed E-state index contributed by atoms with van der Waals surface area (Å²) in [5, 5.41) is 14.8. The number of aromatic hydroxyl groups is 1. The zero-order chi connectivity index (χ0) is 20.9. The number of amides is 1. The van der Waals surface area contributed by atoms with Gasteiger partial charge < -0.3 is 9.84 Å². The zero-order valence-electron chi connectivity index (χ0n) is 16.1. The summed E-state index contributed by atoms with van der Waals surface area (Å²) >= 11 is 1.28. The van der Waals surface area contributed by atoms with Gasteiger partial charge in [-0.15, -0.1) is 5.10 Å². The number of ether oxygens (including phenoxy) is 1. The highest BCUT2D eigenvalue weighted by molar-refractivity contribution is 8.19. The Morgan fingerprint density at radius 3 is 2.43 bits per heavy atom. The van der Waals surface area contributed by atoms with E-state index in [4.69, 9.17) is 4.74 Å². The molecule has 0 radical (unpaired) electrons. The molecule has 4 rings (SSSR count). The van der Waals surface area contributed by atoms with Crippen LogP contribution in [-0.2, 0) is 4.79 Å². The number of carbonyl (C=O) groups is 1. The average Bonchev–Trinajstić information content (AvgIpc) is 3.10. The summed E-state index contributed by atoms with van der Waals surface area (Å²) in [4.78, 5) is 15.3. The van der Waals surface area contributed by atoms with Crippen molar-refractivity contribution in [2.75, 3.05) is 17.4 Å². The SMILES string of the molecule is COc1cc(/C=C2\S/C(=N\Nc3ccccc3)N(c3ccccc3)C2=O)ccc1O. The van der Waals surface area contributed by atoms with E-state index < -0.39 is 0 Å². The number of hydrogen-bond donors (Lipinski definition) is 2. The number of para-hydroxylation sites is 2. The molecule has 0 spiro atoms. The maximum absolute atomic E-state index is 13.2. The number of hydrazone groups is 1. The molecule has 1 heterocycles. The fraction of sp³-hybridized carbons (Fsp3) is 0.0435. The van der Waals surface area contributed by atoms with Gasteiger partial charge in [0.15, 0.2) is 16.7 Å². The normalized spacial score (nSPS) is 16.3. The molecule has 150 valence electrons. The van der Waals surface area contributed by atoms with E-state index in [-0.39, 0.29) is 11.7 Å². The number of hydrogen-bond acceptors (Lipinski definition) is 6. The monoisotopic (exact) mass is 417 g/mol. The topological polar surface area (TPSA) is 74.2 Å². The van der Waals surface area contributed by atoms with Crippen molar-refractivity contribution < 1.29 is 14.6 Å². The number of phenolic OH excluding ortho intramolecular Hbond substituents is 1. The second-order valence-electron chi connectivity index (χ2n) is 6.39. The van der Waals surface area contributed by atoms with Crippen LogP contribution in [0.1, 0.15) is 5.56 Å². The Morgan fingerprint density at radius 1 is 1.03 bits per heavy atom. The van der Waals surface area contributed by atoms with Crippen molar-refractivity contribution in [2.24, 2.45) is 5.10 Å². The van der Waals surface area contributed by atoms with Crippen molar-refractivity contribution in [3.05, 3.63) is 89.3 Å². The van der Waals surface area contributed by atoms with Crippen LogP contribution in [-0.4, -0.2) is 23.3 Å². The lowest BCUT2D eigenvalue weighted by Crippen LogP contribution is -2.29. The third-order valence-corrected chi connectivity index (χ3v) is 5.35. The summed E-state index contributed by atoms with van der Waals surface area (Å²) in [6.45, 7) is 0. The van der Waals surface area contributed by atoms with Gasteiger partial charge in [0.1, 0.15) is 0 Å². The van der Waals surface area contributed by atoms with Crippen molar-refractivity contribution in [2.45, 2.75) is 0 Å². The van der Waals surface area contributed by atoms with Crippen LogP contribution in [0, 0.1) is 0 Å². The predicted octanol–water partition coefficient (Wildman–Crippen LogP) is 4.90. The number of amidine groups is 1. The fourth-order valence-corrected chi connectivity index (χ4v) is 3.86. The summed E-state index contributed by atoms with van der Waals surface area (Å²) in [5.41, 5.74) is 5.31. The first-order valence-electron chi connectivity index (χ1n) is 9.20. The van der Waals surface area contributed by atoms with E-state index in [2.05, 4.69) is 10.5 Å². The summed E-state index contributed by atoms with van der Waals surface area (Å²) < 4.78 is 5.16. The molecule has 7 heteroatoms. The van der Waals surface area contributed by atoms with Gasteiger partial charge in [-0.05, 0) is 59.8 Å². The second kappa shape index (κ2) is 8.75. The molecular formula is C23H19N3O3S. The number of phenols is 1. The van der Waals surface area contributed by atoms with Gasteiger partial charge in [0.25, 0.3) is 5.91 Å². The van der Waals surface area contributed by atoms with Crippen molar-refractivity contribution >= 4 is 40.3 Å². The van der Waals surface area contributed by atoms with Crippen LogP contribution in [0.5, 0.6) is 11.5 Å². The van der Waals surface area contributed by atoms with E-state index >= 15 is 0 Å². The van der Waals surface area contributed by atoms with Crippen LogP contribution < -0.4 is 15.1 Å². The first kappa shape index (κ1) is 19.6. The van der Waals surface area contributed by atoms with Crippen LogP contribution >= 0.6 is 11.8 Å². The fourth-order valence-electron chi connectivity index (χ4n) is 2.91. The average molecular weight is 417 g/mol. The first-order valence-corrected chi connectivity index (χ1v) is 10.0. The van der Waals surface area contributed by atoms with E-state index in [0.29, 0.717) is 15.8 Å². The highest BCUT2D eigenvalue weighted by Crippen LogP contribution is 2.37. The summed E-state index contributed by atoms with van der Waals surface area (Å²) in [5.74, 6) is 0.219. The van der Waals surface area contributed by atoms with Gasteiger partial charge in [0, 0.05) is 0 Å². The highest BCUT2D eigenvalue weighted by Gasteiger charge is 2.34. The third kappa shape index (κ3) is 4.16. The van der Waals surface area contributed by atoms with E-state index in [1.54, 1.807) is 23.1 Å². The van der Waals surface area contributed by atoms with Gasteiger partial charge in [-0.1, -0.05) is 42.5 Å². The lowest BCUT2D eigenvalue weighted by Gasteiger charge is -2.15. The van der Waals surface area contributed by atoms with Gasteiger partial charge in [0.05, 0.1) is 23.4 Å². The van der Waals surface area contributed by atoms with Crippen LogP contribution in [0.4, 0.5) is 11.4 Å². The van der Waals surface area contributed by atoms with Gasteiger partial charge in [-0.3, -0.25) is 15.1 Å². The molecule has 1 fully saturated rings. The number of nitrogens with zero attached hydrogens (tertiary/aromatic N) is 2. The number of rotatable bonds is 5. The Kier molecular flexibility index (Phi) is 5.72. The molecule has 30 heavy (non-hydrogen) atoms. The Labute approximate surface area is 178 Å². The minimum Gasteiger partial charge on any atom is -0.504 e. The Bertz CT molecular complexity index is 1120. The molecule has 1 amide bonds. The molecule has 0 aliphatic carbocycles.